The van der Waals surface area contributed by atoms with Gasteiger partial charge in [-0.25, -0.2) is 4.98 Å². The van der Waals surface area contributed by atoms with E-state index in [1.165, 1.54) is 0 Å². The second-order valence-electron chi connectivity index (χ2n) is 8.24. The molecule has 3 aromatic heterocycles. The smallest absolute Gasteiger partial charge is 0.180 e. The average molecular weight is 422 g/mol. The first-order valence-electron chi connectivity index (χ1n) is 10.4. The number of nitriles is 1. The van der Waals surface area contributed by atoms with E-state index >= 15 is 0 Å². The highest BCUT2D eigenvalue weighted by Gasteiger charge is 2.31. The molecule has 3 heterocycles. The molecule has 0 amide bonds. The van der Waals surface area contributed by atoms with Crippen molar-refractivity contribution in [2.75, 3.05) is 12.4 Å². The molecule has 0 radical (unpaired) electrons. The molecule has 162 valence electrons. The molecule has 1 saturated carbocycles. The van der Waals surface area contributed by atoms with E-state index in [1.807, 2.05) is 18.3 Å². The Morgan fingerprint density at radius 2 is 2.29 bits per heavy atom. The summed E-state index contributed by atoms with van der Waals surface area (Å²) in [6.07, 6.45) is 4.98. The van der Waals surface area contributed by atoms with Crippen molar-refractivity contribution in [2.24, 2.45) is 11.8 Å². The van der Waals surface area contributed by atoms with Crippen molar-refractivity contribution in [1.29, 1.82) is 5.26 Å². The molecule has 3 aromatic rings. The van der Waals surface area contributed by atoms with E-state index in [0.29, 0.717) is 23.8 Å². The van der Waals surface area contributed by atoms with E-state index in [1.54, 1.807) is 19.3 Å². The largest absolute Gasteiger partial charge is 0.381 e. The van der Waals surface area contributed by atoms with Crippen molar-refractivity contribution in [3.05, 3.63) is 30.3 Å². The van der Waals surface area contributed by atoms with E-state index in [4.69, 9.17) is 9.78 Å². The zero-order valence-electron chi connectivity index (χ0n) is 17.6. The number of Topliss-reactive ketones (excluding diaryl/α,β-unsaturated/α-hetero) is 1. The Kier molecular flexibility index (Phi) is 6.02. The van der Waals surface area contributed by atoms with Crippen LogP contribution in [0.3, 0.4) is 0 Å². The average Bonchev–Trinajstić information content (AvgIpc) is 3.43. The van der Waals surface area contributed by atoms with Gasteiger partial charge in [-0.2, -0.15) is 5.26 Å². The Morgan fingerprint density at radius 1 is 1.45 bits per heavy atom. The molecule has 1 aliphatic rings. The van der Waals surface area contributed by atoms with Crippen molar-refractivity contribution in [2.45, 2.75) is 44.9 Å². The predicted molar refractivity (Wildman–Crippen MR) is 115 cm³/mol. The Labute approximate surface area is 179 Å². The second kappa shape index (κ2) is 8.88. The molecule has 0 bridgehead atoms. The van der Waals surface area contributed by atoms with Crippen LogP contribution in [0.1, 0.15) is 44.6 Å². The molecule has 0 aliphatic heterocycles. The molecule has 0 spiro atoms. The fraction of sp³-hybridized carbons (Fsp3) is 0.455. The summed E-state index contributed by atoms with van der Waals surface area (Å²) in [6, 6.07) is 5.69. The number of aliphatic hydroxyl groups excluding tert-OH is 1. The number of aromatic nitrogens is 3. The quantitative estimate of drug-likeness (QED) is 0.426. The number of nitrogens with zero attached hydrogens (tertiary/aromatic N) is 3. The first-order valence-corrected chi connectivity index (χ1v) is 10.4. The maximum atomic E-state index is 12.4. The van der Waals surface area contributed by atoms with E-state index in [9.17, 15) is 9.90 Å². The zero-order chi connectivity index (χ0) is 22.0. The van der Waals surface area contributed by atoms with Crippen LogP contribution in [0.15, 0.2) is 29.0 Å². The minimum atomic E-state index is -0.951. The van der Waals surface area contributed by atoms with Crippen LogP contribution < -0.4 is 10.6 Å². The van der Waals surface area contributed by atoms with Crippen LogP contribution in [0.4, 0.5) is 5.69 Å². The number of nitrogens with one attached hydrogen (secondary N) is 3. The summed E-state index contributed by atoms with van der Waals surface area (Å²) in [4.78, 5) is 20.0. The van der Waals surface area contributed by atoms with E-state index < -0.39 is 6.23 Å². The number of hydrogen-bond acceptors (Lipinski definition) is 8. The number of H-pyrrole nitrogens is 1. The fourth-order valence-corrected chi connectivity index (χ4v) is 4.46. The van der Waals surface area contributed by atoms with Crippen LogP contribution in [0.2, 0.25) is 0 Å². The number of aromatic amines is 1. The molecule has 4 rings (SSSR count). The lowest BCUT2D eigenvalue weighted by atomic mass is 9.77. The third-order valence-electron chi connectivity index (χ3n) is 5.93. The van der Waals surface area contributed by atoms with Gasteiger partial charge in [-0.05, 0) is 38.3 Å². The van der Waals surface area contributed by atoms with Gasteiger partial charge in [0.05, 0.1) is 18.2 Å². The summed E-state index contributed by atoms with van der Waals surface area (Å²) in [5.74, 6) is 0.587. The summed E-state index contributed by atoms with van der Waals surface area (Å²) in [5.41, 5.74) is 2.91. The summed E-state index contributed by atoms with van der Waals surface area (Å²) in [7, 11) is 1.63. The standard InChI is InChI=1S/C22H26N6O3/c1-12-7-13(18(29)3-5-23)9-14(8-12)27-20-15-4-6-25-21(15)26-11-16(20)17-10-19(31-28-17)22(30)24-2/h4,6,10-14,22,24,30H,3,7-9H2,1-2H3,(H2,25,26,27)/t12-,13?,14-,22?/m1/s1. The van der Waals surface area contributed by atoms with Gasteiger partial charge in [0.15, 0.2) is 12.0 Å². The maximum absolute atomic E-state index is 12.4. The summed E-state index contributed by atoms with van der Waals surface area (Å²) < 4.78 is 5.30. The van der Waals surface area contributed by atoms with Crippen molar-refractivity contribution in [3.8, 4) is 17.3 Å². The van der Waals surface area contributed by atoms with Crippen LogP contribution >= 0.6 is 0 Å². The van der Waals surface area contributed by atoms with Gasteiger partial charge in [-0.15, -0.1) is 0 Å². The molecule has 2 unspecified atom stereocenters. The molecular weight excluding hydrogens is 396 g/mol. The monoisotopic (exact) mass is 422 g/mol. The SMILES string of the molecule is CNC(O)c1cc(-c2cnc3[nH]ccc3c2N[C@H]2CC(C(=O)CC#N)C[C@@H](C)C2)no1. The zero-order valence-corrected chi connectivity index (χ0v) is 17.6. The molecule has 1 aliphatic carbocycles. The number of anilines is 1. The molecule has 9 heteroatoms. The molecule has 4 N–H and O–H groups in total. The van der Waals surface area contributed by atoms with E-state index in [-0.39, 0.29) is 24.2 Å². The molecule has 0 saturated heterocycles. The third-order valence-corrected chi connectivity index (χ3v) is 5.93. The number of ketones is 1. The van der Waals surface area contributed by atoms with Crippen molar-refractivity contribution >= 4 is 22.5 Å². The number of pyridine rings is 1. The van der Waals surface area contributed by atoms with Gasteiger partial charge in [0.1, 0.15) is 17.1 Å². The summed E-state index contributed by atoms with van der Waals surface area (Å²) in [5, 5.41) is 30.3. The van der Waals surface area contributed by atoms with Gasteiger partial charge < -0.3 is 19.9 Å². The normalized spacial score (nSPS) is 22.2. The van der Waals surface area contributed by atoms with Crippen molar-refractivity contribution in [3.63, 3.8) is 0 Å². The Morgan fingerprint density at radius 3 is 3.06 bits per heavy atom. The minimum absolute atomic E-state index is 0.0183. The van der Waals surface area contributed by atoms with E-state index in [2.05, 4.69) is 32.7 Å². The fourth-order valence-electron chi connectivity index (χ4n) is 4.46. The van der Waals surface area contributed by atoms with Gasteiger partial charge in [0, 0.05) is 41.4 Å². The molecular formula is C22H26N6O3. The number of rotatable bonds is 7. The van der Waals surface area contributed by atoms with Gasteiger partial charge in [0.25, 0.3) is 0 Å². The number of carbonyl (C=O) groups excluding carboxylic acids is 1. The molecule has 4 atom stereocenters. The third kappa shape index (κ3) is 4.31. The van der Waals surface area contributed by atoms with E-state index in [0.717, 1.165) is 35.1 Å². The second-order valence-corrected chi connectivity index (χ2v) is 8.24. The van der Waals surface area contributed by atoms with Crippen molar-refractivity contribution in [1.82, 2.24) is 20.4 Å². The Bertz CT molecular complexity index is 1110. The van der Waals surface area contributed by atoms with Crippen LogP contribution in [0, 0.1) is 23.2 Å². The first-order chi connectivity index (χ1) is 15.0. The summed E-state index contributed by atoms with van der Waals surface area (Å²) >= 11 is 0. The van der Waals surface area contributed by atoms with Crippen molar-refractivity contribution < 1.29 is 14.4 Å². The number of hydrogen-bond donors (Lipinski definition) is 4. The Hall–Kier alpha value is -3.22. The molecule has 0 aromatic carbocycles. The van der Waals surface area contributed by atoms with Gasteiger partial charge in [0.2, 0.25) is 0 Å². The lowest BCUT2D eigenvalue weighted by Crippen LogP contribution is -2.34. The molecule has 31 heavy (non-hydrogen) atoms. The van der Waals surface area contributed by atoms with Gasteiger partial charge >= 0.3 is 0 Å². The Balaban J connectivity index is 1.67. The highest BCUT2D eigenvalue weighted by Crippen LogP contribution is 2.38. The van der Waals surface area contributed by atoms with Gasteiger partial charge in [-0.3, -0.25) is 10.1 Å². The maximum Gasteiger partial charge on any atom is 0.180 e. The minimum Gasteiger partial charge on any atom is -0.381 e. The van der Waals surface area contributed by atoms with Crippen LogP contribution in [0.5, 0.6) is 0 Å². The van der Waals surface area contributed by atoms with Crippen LogP contribution in [0.25, 0.3) is 22.3 Å². The van der Waals surface area contributed by atoms with Crippen LogP contribution in [-0.2, 0) is 4.79 Å². The highest BCUT2D eigenvalue weighted by atomic mass is 16.5. The number of fused-ring (bicyclic) bond motifs is 1. The van der Waals surface area contributed by atoms with Gasteiger partial charge in [-0.1, -0.05) is 12.1 Å². The topological polar surface area (TPSA) is 140 Å². The summed E-state index contributed by atoms with van der Waals surface area (Å²) in [6.45, 7) is 2.14. The predicted octanol–water partition coefficient (Wildman–Crippen LogP) is 3.13. The lowest BCUT2D eigenvalue weighted by molar-refractivity contribution is -0.123. The highest BCUT2D eigenvalue weighted by molar-refractivity contribution is 5.97. The first kappa shape index (κ1) is 21.0. The molecule has 1 fully saturated rings. The number of aliphatic hydroxyl groups is 1. The molecule has 9 nitrogen and oxygen atoms in total. The van der Waals surface area contributed by atoms with Crippen LogP contribution in [-0.4, -0.2) is 39.1 Å². The number of carbonyl (C=O) groups is 1. The lowest BCUT2D eigenvalue weighted by Gasteiger charge is -2.34.